The zero-order valence-electron chi connectivity index (χ0n) is 9.83. The largest absolute Gasteiger partial charge is 0.348 e. The molecule has 1 heterocycles. The maximum Gasteiger partial charge on any atom is 0.0921 e. The van der Waals surface area contributed by atoms with Crippen LogP contribution in [0.5, 0.6) is 0 Å². The molecule has 3 nitrogen and oxygen atoms in total. The van der Waals surface area contributed by atoms with Gasteiger partial charge in [0.1, 0.15) is 0 Å². The Labute approximate surface area is 106 Å². The first kappa shape index (κ1) is 12.1. The van der Waals surface area contributed by atoms with Crippen molar-refractivity contribution in [3.05, 3.63) is 52.6 Å². The molecule has 2 N–H and O–H groups in total. The first-order chi connectivity index (χ1) is 8.25. The minimum Gasteiger partial charge on any atom is -0.348 e. The van der Waals surface area contributed by atoms with Crippen LogP contribution in [0.2, 0.25) is 5.02 Å². The summed E-state index contributed by atoms with van der Waals surface area (Å²) in [4.78, 5) is 7.07. The Balaban J connectivity index is 1.78. The van der Waals surface area contributed by atoms with Crippen molar-refractivity contribution in [1.29, 1.82) is 0 Å². The Bertz CT molecular complexity index is 466. The summed E-state index contributed by atoms with van der Waals surface area (Å²) in [6.45, 7) is 3.89. The van der Waals surface area contributed by atoms with Crippen LogP contribution >= 0.6 is 11.6 Å². The van der Waals surface area contributed by atoms with Gasteiger partial charge in [-0.3, -0.25) is 0 Å². The third-order valence-corrected chi connectivity index (χ3v) is 2.98. The van der Waals surface area contributed by atoms with Gasteiger partial charge in [-0.1, -0.05) is 17.7 Å². The highest BCUT2D eigenvalue weighted by Gasteiger charge is 1.99. The number of H-pyrrole nitrogens is 1. The Morgan fingerprint density at radius 1 is 1.41 bits per heavy atom. The molecule has 0 bridgehead atoms. The second-order valence-electron chi connectivity index (χ2n) is 4.07. The van der Waals surface area contributed by atoms with Crippen LogP contribution in [0.1, 0.15) is 16.8 Å². The molecule has 2 aromatic rings. The van der Waals surface area contributed by atoms with Crippen LogP contribution < -0.4 is 5.32 Å². The lowest BCUT2D eigenvalue weighted by Crippen LogP contribution is -2.17. The third-order valence-electron chi connectivity index (χ3n) is 2.75. The fourth-order valence-electron chi connectivity index (χ4n) is 1.73. The van der Waals surface area contributed by atoms with Gasteiger partial charge in [0.05, 0.1) is 6.33 Å². The van der Waals surface area contributed by atoms with Crippen LogP contribution in [0.15, 0.2) is 30.7 Å². The maximum atomic E-state index is 5.91. The topological polar surface area (TPSA) is 40.7 Å². The molecule has 0 fully saturated rings. The van der Waals surface area contributed by atoms with E-state index in [1.54, 1.807) is 6.33 Å². The van der Waals surface area contributed by atoms with Crippen LogP contribution in [0.3, 0.4) is 0 Å². The number of halogens is 1. The second-order valence-corrected chi connectivity index (χ2v) is 4.51. The minimum atomic E-state index is 0.795. The normalized spacial score (nSPS) is 10.7. The Morgan fingerprint density at radius 2 is 2.29 bits per heavy atom. The van der Waals surface area contributed by atoms with Crippen LogP contribution in [0.25, 0.3) is 0 Å². The molecule has 0 radical (unpaired) electrons. The van der Waals surface area contributed by atoms with E-state index in [0.29, 0.717) is 0 Å². The predicted molar refractivity (Wildman–Crippen MR) is 70.2 cm³/mol. The quantitative estimate of drug-likeness (QED) is 0.800. The summed E-state index contributed by atoms with van der Waals surface area (Å²) < 4.78 is 0. The Kier molecular flexibility index (Phi) is 4.18. The monoisotopic (exact) mass is 249 g/mol. The van der Waals surface area contributed by atoms with E-state index in [9.17, 15) is 0 Å². The van der Waals surface area contributed by atoms with Crippen LogP contribution in [0, 0.1) is 6.92 Å². The highest BCUT2D eigenvalue weighted by Crippen LogP contribution is 2.14. The Hall–Kier alpha value is -1.32. The molecule has 90 valence electrons. The van der Waals surface area contributed by atoms with Crippen LogP contribution in [-0.2, 0) is 13.0 Å². The van der Waals surface area contributed by atoms with Gasteiger partial charge in [-0.05, 0) is 30.2 Å². The number of rotatable bonds is 5. The lowest BCUT2D eigenvalue weighted by atomic mass is 10.1. The average Bonchev–Trinajstić information content (AvgIpc) is 2.79. The number of benzene rings is 1. The Morgan fingerprint density at radius 3 is 3.00 bits per heavy atom. The summed E-state index contributed by atoms with van der Waals surface area (Å²) >= 11 is 5.91. The van der Waals surface area contributed by atoms with E-state index in [1.165, 1.54) is 11.1 Å². The lowest BCUT2D eigenvalue weighted by Gasteiger charge is -2.07. The van der Waals surface area contributed by atoms with Crippen molar-refractivity contribution >= 4 is 11.6 Å². The van der Waals surface area contributed by atoms with E-state index in [0.717, 1.165) is 30.2 Å². The van der Waals surface area contributed by atoms with Crippen molar-refractivity contribution in [2.45, 2.75) is 19.9 Å². The molecule has 0 saturated carbocycles. The third kappa shape index (κ3) is 3.58. The van der Waals surface area contributed by atoms with E-state index in [-0.39, 0.29) is 0 Å². The second kappa shape index (κ2) is 5.84. The van der Waals surface area contributed by atoms with E-state index < -0.39 is 0 Å². The molecule has 0 aliphatic rings. The van der Waals surface area contributed by atoms with Gasteiger partial charge in [0, 0.05) is 36.4 Å². The standard InChI is InChI=1S/C13H16ClN3/c1-10-6-12(14)3-2-11(10)7-15-5-4-13-8-16-9-17-13/h2-3,6,8-9,15H,4-5,7H2,1H3,(H,16,17). The van der Waals surface area contributed by atoms with E-state index >= 15 is 0 Å². The average molecular weight is 250 g/mol. The van der Waals surface area contributed by atoms with Crippen molar-refractivity contribution < 1.29 is 0 Å². The molecule has 17 heavy (non-hydrogen) atoms. The number of nitrogens with one attached hydrogen (secondary N) is 2. The SMILES string of the molecule is Cc1cc(Cl)ccc1CNCCc1cnc[nH]1. The first-order valence-electron chi connectivity index (χ1n) is 5.68. The van der Waals surface area contributed by atoms with Gasteiger partial charge in [-0.15, -0.1) is 0 Å². The molecule has 0 atom stereocenters. The smallest absolute Gasteiger partial charge is 0.0921 e. The van der Waals surface area contributed by atoms with Crippen molar-refractivity contribution in [3.8, 4) is 0 Å². The number of aromatic nitrogens is 2. The first-order valence-corrected chi connectivity index (χ1v) is 6.06. The van der Waals surface area contributed by atoms with Crippen molar-refractivity contribution in [2.75, 3.05) is 6.54 Å². The number of imidazole rings is 1. The molecule has 1 aromatic heterocycles. The summed E-state index contributed by atoms with van der Waals surface area (Å²) in [7, 11) is 0. The number of aryl methyl sites for hydroxylation is 1. The summed E-state index contributed by atoms with van der Waals surface area (Å²) in [6.07, 6.45) is 4.53. The number of hydrogen-bond donors (Lipinski definition) is 2. The summed E-state index contributed by atoms with van der Waals surface area (Å²) in [6, 6.07) is 5.99. The van der Waals surface area contributed by atoms with Gasteiger partial charge in [-0.25, -0.2) is 4.98 Å². The molecular weight excluding hydrogens is 234 g/mol. The molecule has 0 amide bonds. The molecule has 0 aliphatic carbocycles. The fourth-order valence-corrected chi connectivity index (χ4v) is 1.95. The van der Waals surface area contributed by atoms with Crippen molar-refractivity contribution in [2.24, 2.45) is 0 Å². The predicted octanol–water partition coefficient (Wildman–Crippen LogP) is 2.70. The van der Waals surface area contributed by atoms with Crippen molar-refractivity contribution in [3.63, 3.8) is 0 Å². The molecule has 0 spiro atoms. The lowest BCUT2D eigenvalue weighted by molar-refractivity contribution is 0.679. The fraction of sp³-hybridized carbons (Fsp3) is 0.308. The van der Waals surface area contributed by atoms with Gasteiger partial charge < -0.3 is 10.3 Å². The summed E-state index contributed by atoms with van der Waals surface area (Å²) in [5, 5.41) is 4.20. The molecule has 0 unspecified atom stereocenters. The van der Waals surface area contributed by atoms with E-state index in [1.807, 2.05) is 18.3 Å². The van der Waals surface area contributed by atoms with Crippen LogP contribution in [-0.4, -0.2) is 16.5 Å². The zero-order valence-corrected chi connectivity index (χ0v) is 10.6. The van der Waals surface area contributed by atoms with Gasteiger partial charge in [0.25, 0.3) is 0 Å². The summed E-state index contributed by atoms with van der Waals surface area (Å²) in [5.74, 6) is 0. The molecule has 0 saturated heterocycles. The molecule has 2 rings (SSSR count). The number of nitrogens with zero attached hydrogens (tertiary/aromatic N) is 1. The summed E-state index contributed by atoms with van der Waals surface area (Å²) in [5.41, 5.74) is 3.68. The highest BCUT2D eigenvalue weighted by atomic mass is 35.5. The molecule has 1 aromatic carbocycles. The van der Waals surface area contributed by atoms with Gasteiger partial charge in [0.2, 0.25) is 0 Å². The number of hydrogen-bond acceptors (Lipinski definition) is 2. The molecular formula is C13H16ClN3. The van der Waals surface area contributed by atoms with Crippen LogP contribution in [0.4, 0.5) is 0 Å². The van der Waals surface area contributed by atoms with E-state index in [4.69, 9.17) is 11.6 Å². The molecule has 4 heteroatoms. The maximum absolute atomic E-state index is 5.91. The van der Waals surface area contributed by atoms with Gasteiger partial charge in [0.15, 0.2) is 0 Å². The van der Waals surface area contributed by atoms with Gasteiger partial charge >= 0.3 is 0 Å². The minimum absolute atomic E-state index is 0.795. The zero-order chi connectivity index (χ0) is 12.1. The van der Waals surface area contributed by atoms with E-state index in [2.05, 4.69) is 28.3 Å². The number of aromatic amines is 1. The van der Waals surface area contributed by atoms with Crippen molar-refractivity contribution in [1.82, 2.24) is 15.3 Å². The molecule has 0 aliphatic heterocycles. The van der Waals surface area contributed by atoms with Gasteiger partial charge in [-0.2, -0.15) is 0 Å². The highest BCUT2D eigenvalue weighted by molar-refractivity contribution is 6.30.